The highest BCUT2D eigenvalue weighted by Gasteiger charge is 2.58. The van der Waals surface area contributed by atoms with E-state index in [-0.39, 0.29) is 11.0 Å². The Morgan fingerprint density at radius 1 is 1.21 bits per heavy atom. The molecule has 0 N–H and O–H groups in total. The standard InChI is InChI=1S/C10H10ClF5N2O/c1-2-3-7-17-6(11)4-8(18-7)19-5-9(12,13)10(14,15)16/h4H,2-3,5H2,1H3. The Morgan fingerprint density at radius 2 is 1.84 bits per heavy atom. The zero-order valence-corrected chi connectivity index (χ0v) is 10.5. The largest absolute Gasteiger partial charge is 0.471 e. The van der Waals surface area contributed by atoms with E-state index in [1.165, 1.54) is 0 Å². The van der Waals surface area contributed by atoms with Gasteiger partial charge in [0.15, 0.2) is 6.61 Å². The first-order valence-electron chi connectivity index (χ1n) is 5.26. The van der Waals surface area contributed by atoms with Crippen LogP contribution in [0.15, 0.2) is 6.07 Å². The Hall–Kier alpha value is -1.18. The average molecular weight is 305 g/mol. The molecule has 0 aliphatic heterocycles. The van der Waals surface area contributed by atoms with Gasteiger partial charge in [-0.1, -0.05) is 18.5 Å². The van der Waals surface area contributed by atoms with Crippen LogP contribution in [0, 0.1) is 0 Å². The van der Waals surface area contributed by atoms with Crippen LogP contribution in [0.3, 0.4) is 0 Å². The lowest BCUT2D eigenvalue weighted by Gasteiger charge is -2.19. The van der Waals surface area contributed by atoms with Crippen LogP contribution in [0.2, 0.25) is 5.15 Å². The number of ether oxygens (including phenoxy) is 1. The number of aryl methyl sites for hydroxylation is 1. The first-order chi connectivity index (χ1) is 8.65. The first-order valence-corrected chi connectivity index (χ1v) is 5.64. The van der Waals surface area contributed by atoms with E-state index in [2.05, 4.69) is 14.7 Å². The quantitative estimate of drug-likeness (QED) is 0.615. The number of halogens is 6. The third-order valence-corrected chi connectivity index (χ3v) is 2.20. The normalized spacial score (nSPS) is 12.6. The summed E-state index contributed by atoms with van der Waals surface area (Å²) in [4.78, 5) is 7.47. The predicted octanol–water partition coefficient (Wildman–Crippen LogP) is 3.66. The maximum absolute atomic E-state index is 12.6. The Kier molecular flexibility index (Phi) is 4.89. The van der Waals surface area contributed by atoms with Gasteiger partial charge in [-0.3, -0.25) is 0 Å². The molecule has 19 heavy (non-hydrogen) atoms. The summed E-state index contributed by atoms with van der Waals surface area (Å²) < 4.78 is 65.4. The van der Waals surface area contributed by atoms with Gasteiger partial charge >= 0.3 is 12.1 Å². The molecule has 0 saturated heterocycles. The minimum atomic E-state index is -5.67. The number of hydrogen-bond donors (Lipinski definition) is 0. The van der Waals surface area contributed by atoms with Crippen molar-refractivity contribution in [2.45, 2.75) is 31.9 Å². The maximum Gasteiger partial charge on any atom is 0.456 e. The van der Waals surface area contributed by atoms with Gasteiger partial charge < -0.3 is 4.74 Å². The monoisotopic (exact) mass is 304 g/mol. The molecule has 0 spiro atoms. The summed E-state index contributed by atoms with van der Waals surface area (Å²) in [5, 5.41) is -0.0798. The van der Waals surface area contributed by atoms with Crippen LogP contribution in [0.25, 0.3) is 0 Å². The fourth-order valence-corrected chi connectivity index (χ4v) is 1.29. The van der Waals surface area contributed by atoms with Crippen molar-refractivity contribution in [2.24, 2.45) is 0 Å². The molecule has 0 radical (unpaired) electrons. The predicted molar refractivity (Wildman–Crippen MR) is 57.5 cm³/mol. The summed E-state index contributed by atoms with van der Waals surface area (Å²) in [6.45, 7) is -0.0298. The van der Waals surface area contributed by atoms with E-state index >= 15 is 0 Å². The number of rotatable bonds is 5. The smallest absolute Gasteiger partial charge is 0.456 e. The van der Waals surface area contributed by atoms with Gasteiger partial charge in [0.1, 0.15) is 11.0 Å². The van der Waals surface area contributed by atoms with Crippen molar-refractivity contribution in [3.8, 4) is 5.88 Å². The van der Waals surface area contributed by atoms with Crippen LogP contribution in [-0.2, 0) is 6.42 Å². The second kappa shape index (κ2) is 5.85. The third-order valence-electron chi connectivity index (χ3n) is 2.01. The summed E-state index contributed by atoms with van der Waals surface area (Å²) in [6.07, 6.45) is -4.60. The fraction of sp³-hybridized carbons (Fsp3) is 0.600. The van der Waals surface area contributed by atoms with Gasteiger partial charge in [-0.15, -0.1) is 0 Å². The Labute approximate surface area is 110 Å². The molecule has 1 aromatic heterocycles. The zero-order valence-electron chi connectivity index (χ0n) is 9.77. The lowest BCUT2D eigenvalue weighted by molar-refractivity contribution is -0.290. The second-order valence-corrected chi connectivity index (χ2v) is 4.07. The Balaban J connectivity index is 2.78. The molecule has 0 aliphatic carbocycles. The van der Waals surface area contributed by atoms with Crippen LogP contribution in [0.4, 0.5) is 22.0 Å². The molecule has 0 fully saturated rings. The first kappa shape index (κ1) is 15.9. The summed E-state index contributed by atoms with van der Waals surface area (Å²) in [6, 6.07) is 0.979. The van der Waals surface area contributed by atoms with Crippen molar-refractivity contribution in [2.75, 3.05) is 6.61 Å². The molecular formula is C10H10ClF5N2O. The van der Waals surface area contributed by atoms with Crippen molar-refractivity contribution in [1.82, 2.24) is 9.97 Å². The second-order valence-electron chi connectivity index (χ2n) is 3.69. The topological polar surface area (TPSA) is 35.0 Å². The van der Waals surface area contributed by atoms with Crippen LogP contribution in [-0.4, -0.2) is 28.7 Å². The van der Waals surface area contributed by atoms with E-state index < -0.39 is 24.6 Å². The van der Waals surface area contributed by atoms with E-state index in [1.807, 2.05) is 6.92 Å². The van der Waals surface area contributed by atoms with Crippen LogP contribution >= 0.6 is 11.6 Å². The highest BCUT2D eigenvalue weighted by atomic mass is 35.5. The lowest BCUT2D eigenvalue weighted by Crippen LogP contribution is -2.41. The zero-order chi connectivity index (χ0) is 14.7. The molecule has 0 saturated carbocycles. The molecule has 108 valence electrons. The number of hydrogen-bond acceptors (Lipinski definition) is 3. The molecule has 0 unspecified atom stereocenters. The van der Waals surface area contributed by atoms with E-state index in [4.69, 9.17) is 11.6 Å². The minimum Gasteiger partial charge on any atom is -0.471 e. The average Bonchev–Trinajstić information content (AvgIpc) is 2.25. The van der Waals surface area contributed by atoms with Gasteiger partial charge in [0.05, 0.1) is 0 Å². The molecule has 0 atom stereocenters. The van der Waals surface area contributed by atoms with Crippen molar-refractivity contribution in [3.63, 3.8) is 0 Å². The van der Waals surface area contributed by atoms with Crippen molar-refractivity contribution in [3.05, 3.63) is 17.0 Å². The molecule has 0 amide bonds. The molecule has 9 heteroatoms. The van der Waals surface area contributed by atoms with Crippen molar-refractivity contribution < 1.29 is 26.7 Å². The van der Waals surface area contributed by atoms with Gasteiger partial charge in [0, 0.05) is 12.5 Å². The summed E-state index contributed by atoms with van der Waals surface area (Å²) in [5.74, 6) is -5.14. The van der Waals surface area contributed by atoms with E-state index in [1.54, 1.807) is 0 Å². The Bertz CT molecular complexity index is 438. The van der Waals surface area contributed by atoms with Gasteiger partial charge in [0.2, 0.25) is 5.88 Å². The van der Waals surface area contributed by atoms with E-state index in [0.717, 1.165) is 6.07 Å². The molecule has 1 aromatic rings. The van der Waals surface area contributed by atoms with E-state index in [9.17, 15) is 22.0 Å². The molecule has 0 bridgehead atoms. The SMILES string of the molecule is CCCc1nc(Cl)cc(OCC(F)(F)C(F)(F)F)n1. The molecule has 3 nitrogen and oxygen atoms in total. The van der Waals surface area contributed by atoms with Gasteiger partial charge in [-0.2, -0.15) is 26.9 Å². The van der Waals surface area contributed by atoms with Gasteiger partial charge in [0.25, 0.3) is 0 Å². The third kappa shape index (κ3) is 4.45. The maximum atomic E-state index is 12.6. The molecule has 0 aliphatic rings. The van der Waals surface area contributed by atoms with Crippen molar-refractivity contribution >= 4 is 11.6 Å². The molecule has 1 heterocycles. The highest BCUT2D eigenvalue weighted by molar-refractivity contribution is 6.29. The van der Waals surface area contributed by atoms with Crippen LogP contribution < -0.4 is 4.74 Å². The van der Waals surface area contributed by atoms with Crippen LogP contribution in [0.1, 0.15) is 19.2 Å². The highest BCUT2D eigenvalue weighted by Crippen LogP contribution is 2.35. The summed E-state index contributed by atoms with van der Waals surface area (Å²) in [5.41, 5.74) is 0. The van der Waals surface area contributed by atoms with Gasteiger partial charge in [-0.25, -0.2) is 4.98 Å². The molecule has 1 rings (SSSR count). The summed E-state index contributed by atoms with van der Waals surface area (Å²) >= 11 is 5.58. The van der Waals surface area contributed by atoms with Gasteiger partial charge in [-0.05, 0) is 6.42 Å². The Morgan fingerprint density at radius 3 is 2.37 bits per heavy atom. The molecule has 0 aromatic carbocycles. The van der Waals surface area contributed by atoms with Crippen molar-refractivity contribution in [1.29, 1.82) is 0 Å². The van der Waals surface area contributed by atoms with Crippen LogP contribution in [0.5, 0.6) is 5.88 Å². The number of nitrogens with zero attached hydrogens (tertiary/aromatic N) is 2. The summed E-state index contributed by atoms with van der Waals surface area (Å²) in [7, 11) is 0. The number of alkyl halides is 5. The fourth-order valence-electron chi connectivity index (χ4n) is 1.10. The minimum absolute atomic E-state index is 0.0798. The van der Waals surface area contributed by atoms with E-state index in [0.29, 0.717) is 12.8 Å². The number of aromatic nitrogens is 2. The molecular weight excluding hydrogens is 295 g/mol. The lowest BCUT2D eigenvalue weighted by atomic mass is 10.3.